The van der Waals surface area contributed by atoms with Gasteiger partial charge in [0.05, 0.1) is 16.6 Å². The van der Waals surface area contributed by atoms with Gasteiger partial charge < -0.3 is 15.1 Å². The first-order chi connectivity index (χ1) is 17.2. The zero-order valence-corrected chi connectivity index (χ0v) is 21.3. The van der Waals surface area contributed by atoms with E-state index in [-0.39, 0.29) is 5.69 Å². The number of hydrogen-bond donors (Lipinski definition) is 1. The lowest BCUT2D eigenvalue weighted by molar-refractivity contribution is -0.136. The van der Waals surface area contributed by atoms with E-state index in [4.69, 9.17) is 9.97 Å². The second-order valence-electron chi connectivity index (χ2n) is 9.69. The van der Waals surface area contributed by atoms with Gasteiger partial charge in [0.1, 0.15) is 16.5 Å². The first-order valence-electron chi connectivity index (χ1n) is 12.5. The fourth-order valence-electron chi connectivity index (χ4n) is 5.09. The number of hydrogen-bond acceptors (Lipinski definition) is 5. The average Bonchev–Trinajstić information content (AvgIpc) is 3.20. The molecule has 1 aromatic carbocycles. The van der Waals surface area contributed by atoms with Crippen molar-refractivity contribution >= 4 is 39.1 Å². The van der Waals surface area contributed by atoms with E-state index in [0.29, 0.717) is 32.1 Å². The quantitative estimate of drug-likeness (QED) is 0.452. The monoisotopic (exact) mass is 517 g/mol. The van der Waals surface area contributed by atoms with Crippen molar-refractivity contribution < 1.29 is 18.0 Å². The third-order valence-corrected chi connectivity index (χ3v) is 8.14. The van der Waals surface area contributed by atoms with Crippen molar-refractivity contribution in [3.05, 3.63) is 46.1 Å². The van der Waals surface area contributed by atoms with Gasteiger partial charge in [0.25, 0.3) is 0 Å². The maximum Gasteiger partial charge on any atom is 0.418 e. The summed E-state index contributed by atoms with van der Waals surface area (Å²) in [7, 11) is 0. The van der Waals surface area contributed by atoms with E-state index in [0.717, 1.165) is 60.0 Å². The summed E-state index contributed by atoms with van der Waals surface area (Å²) in [6.45, 7) is 6.33. The molecule has 1 N–H and O–H groups in total. The summed E-state index contributed by atoms with van der Waals surface area (Å²) in [6, 6.07) is 4.54. The fraction of sp³-hybridized carbons (Fsp3) is 0.500. The smallest absolute Gasteiger partial charge is 0.352 e. The maximum atomic E-state index is 13.3. The molecule has 1 atom stereocenters. The number of carbonyl (C=O) groups excluding carboxylic acids is 1. The molecule has 5 rings (SSSR count). The summed E-state index contributed by atoms with van der Waals surface area (Å²) in [5.74, 6) is 2.45. The van der Waals surface area contributed by atoms with E-state index in [1.807, 2.05) is 0 Å². The van der Waals surface area contributed by atoms with E-state index < -0.39 is 17.8 Å². The molecule has 1 aliphatic heterocycles. The van der Waals surface area contributed by atoms with Crippen molar-refractivity contribution in [3.8, 4) is 0 Å². The molecular formula is C26H30F3N5OS. The van der Waals surface area contributed by atoms with Crippen LogP contribution in [0, 0.1) is 5.92 Å². The molecule has 6 nitrogen and oxygen atoms in total. The molecule has 0 saturated carbocycles. The number of piperazine rings is 1. The normalized spacial score (nSPS) is 18.4. The number of nitrogens with one attached hydrogen (secondary N) is 1. The molecule has 1 saturated heterocycles. The first-order valence-corrected chi connectivity index (χ1v) is 13.3. The van der Waals surface area contributed by atoms with Gasteiger partial charge >= 0.3 is 12.2 Å². The maximum absolute atomic E-state index is 13.3. The van der Waals surface area contributed by atoms with Crippen LogP contribution in [0.25, 0.3) is 10.2 Å². The Morgan fingerprint density at radius 3 is 2.64 bits per heavy atom. The molecule has 192 valence electrons. The summed E-state index contributed by atoms with van der Waals surface area (Å²) >= 11 is 1.79. The second-order valence-corrected chi connectivity index (χ2v) is 10.8. The van der Waals surface area contributed by atoms with Crippen LogP contribution in [0.3, 0.4) is 0 Å². The highest BCUT2D eigenvalue weighted by Crippen LogP contribution is 2.41. The van der Waals surface area contributed by atoms with Crippen LogP contribution in [0.5, 0.6) is 0 Å². The molecule has 0 radical (unpaired) electrons. The number of halogens is 3. The Balaban J connectivity index is 1.35. The predicted molar refractivity (Wildman–Crippen MR) is 137 cm³/mol. The lowest BCUT2D eigenvalue weighted by Crippen LogP contribution is -2.50. The molecule has 2 aliphatic rings. The summed E-state index contributed by atoms with van der Waals surface area (Å²) < 4.78 is 40.0. The van der Waals surface area contributed by atoms with Crippen molar-refractivity contribution in [1.82, 2.24) is 14.9 Å². The Morgan fingerprint density at radius 2 is 1.92 bits per heavy atom. The van der Waals surface area contributed by atoms with Crippen LogP contribution in [0.2, 0.25) is 0 Å². The largest absolute Gasteiger partial charge is 0.418 e. The van der Waals surface area contributed by atoms with Gasteiger partial charge in [0.2, 0.25) is 0 Å². The van der Waals surface area contributed by atoms with Crippen molar-refractivity contribution in [1.29, 1.82) is 0 Å². The zero-order chi connectivity index (χ0) is 25.4. The van der Waals surface area contributed by atoms with Crippen LogP contribution in [0.1, 0.15) is 48.5 Å². The summed E-state index contributed by atoms with van der Waals surface area (Å²) in [5.41, 5.74) is 0.300. The minimum atomic E-state index is -4.53. The zero-order valence-electron chi connectivity index (χ0n) is 20.5. The highest BCUT2D eigenvalue weighted by Gasteiger charge is 2.34. The SMILES string of the molecule is CCCc1nc(N2CCN(C(=O)Nc3ccccc3C(F)(F)F)CC2)c2c3c(sc2n1)C[C@H](C)CC3. The number of aryl methyl sites for hydroxylation is 2. The van der Waals surface area contributed by atoms with Gasteiger partial charge in [-0.1, -0.05) is 26.0 Å². The summed E-state index contributed by atoms with van der Waals surface area (Å²) in [6.07, 6.45) is 0.494. The fourth-order valence-corrected chi connectivity index (χ4v) is 6.48. The van der Waals surface area contributed by atoms with Gasteiger partial charge in [0.15, 0.2) is 0 Å². The number of benzene rings is 1. The summed E-state index contributed by atoms with van der Waals surface area (Å²) in [4.78, 5) is 28.9. The van der Waals surface area contributed by atoms with Gasteiger partial charge in [0, 0.05) is 37.5 Å². The van der Waals surface area contributed by atoms with Gasteiger partial charge in [-0.2, -0.15) is 13.2 Å². The average molecular weight is 518 g/mol. The van der Waals surface area contributed by atoms with E-state index in [9.17, 15) is 18.0 Å². The van der Waals surface area contributed by atoms with Crippen LogP contribution < -0.4 is 10.2 Å². The third-order valence-electron chi connectivity index (χ3n) is 7.00. The predicted octanol–water partition coefficient (Wildman–Crippen LogP) is 6.14. The highest BCUT2D eigenvalue weighted by atomic mass is 32.1. The van der Waals surface area contributed by atoms with E-state index in [1.54, 1.807) is 16.2 Å². The number of anilines is 2. The van der Waals surface area contributed by atoms with Crippen LogP contribution in [-0.4, -0.2) is 47.1 Å². The molecule has 3 heterocycles. The van der Waals surface area contributed by atoms with Crippen molar-refractivity contribution in [2.24, 2.45) is 5.92 Å². The van der Waals surface area contributed by atoms with Gasteiger partial charge in [-0.25, -0.2) is 14.8 Å². The third kappa shape index (κ3) is 4.87. The number of aromatic nitrogens is 2. The number of fused-ring (bicyclic) bond motifs is 3. The number of thiophene rings is 1. The number of para-hydroxylation sites is 1. The minimum Gasteiger partial charge on any atom is -0.352 e. The molecule has 2 amide bonds. The number of nitrogens with zero attached hydrogens (tertiary/aromatic N) is 4. The van der Waals surface area contributed by atoms with Crippen LogP contribution in [-0.2, 0) is 25.4 Å². The van der Waals surface area contributed by atoms with E-state index in [2.05, 4.69) is 24.1 Å². The highest BCUT2D eigenvalue weighted by molar-refractivity contribution is 7.19. The van der Waals surface area contributed by atoms with Gasteiger partial charge in [-0.15, -0.1) is 11.3 Å². The summed E-state index contributed by atoms with van der Waals surface area (Å²) in [5, 5.41) is 3.61. The molecule has 36 heavy (non-hydrogen) atoms. The first kappa shape index (κ1) is 24.8. The van der Waals surface area contributed by atoms with Gasteiger partial charge in [-0.05, 0) is 49.3 Å². The standard InChI is InChI=1S/C26H30F3N5OS/c1-3-6-21-31-23(22-17-10-9-16(2)15-20(17)36-24(22)32-21)33-11-13-34(14-12-33)25(35)30-19-8-5-4-7-18(19)26(27,28)29/h4-5,7-8,16H,3,6,9-15H2,1-2H3,(H,30,35)/t16-/m1/s1. The molecule has 10 heteroatoms. The van der Waals surface area contributed by atoms with E-state index in [1.165, 1.54) is 28.6 Å². The Bertz CT molecular complexity index is 1270. The lowest BCUT2D eigenvalue weighted by Gasteiger charge is -2.36. The van der Waals surface area contributed by atoms with Crippen molar-refractivity contribution in [2.45, 2.75) is 52.1 Å². The topological polar surface area (TPSA) is 61.4 Å². The molecule has 2 aromatic heterocycles. The molecule has 0 unspecified atom stereocenters. The molecule has 1 aliphatic carbocycles. The van der Waals surface area contributed by atoms with Crippen molar-refractivity contribution in [3.63, 3.8) is 0 Å². The molecule has 1 fully saturated rings. The second kappa shape index (κ2) is 9.88. The van der Waals surface area contributed by atoms with Crippen molar-refractivity contribution in [2.75, 3.05) is 36.4 Å². The molecular weight excluding hydrogens is 487 g/mol. The van der Waals surface area contributed by atoms with Gasteiger partial charge in [-0.3, -0.25) is 0 Å². The lowest BCUT2D eigenvalue weighted by atomic mass is 9.89. The number of amides is 2. The Labute approximate surface area is 212 Å². The van der Waals surface area contributed by atoms with Crippen LogP contribution >= 0.6 is 11.3 Å². The number of alkyl halides is 3. The molecule has 0 spiro atoms. The van der Waals surface area contributed by atoms with Crippen LogP contribution in [0.15, 0.2) is 24.3 Å². The Hall–Kier alpha value is -2.88. The van der Waals surface area contributed by atoms with Crippen LogP contribution in [0.4, 0.5) is 29.5 Å². The van der Waals surface area contributed by atoms with E-state index >= 15 is 0 Å². The number of urea groups is 1. The molecule has 3 aromatic rings. The minimum absolute atomic E-state index is 0.224. The Morgan fingerprint density at radius 1 is 1.17 bits per heavy atom. The number of carbonyl (C=O) groups is 1. The molecule has 0 bridgehead atoms. The number of rotatable bonds is 4. The Kier molecular flexibility index (Phi) is 6.80.